The van der Waals surface area contributed by atoms with Gasteiger partial charge in [0, 0.05) is 0 Å². The summed E-state index contributed by atoms with van der Waals surface area (Å²) in [6, 6.07) is 30.5. The van der Waals surface area contributed by atoms with Gasteiger partial charge >= 0.3 is 12.4 Å². The van der Waals surface area contributed by atoms with Gasteiger partial charge in [-0.2, -0.15) is 26.3 Å². The summed E-state index contributed by atoms with van der Waals surface area (Å²) in [7, 11) is -2.52. The molecule has 0 radical (unpaired) electrons. The summed E-state index contributed by atoms with van der Waals surface area (Å²) in [5, 5.41) is 16.8. The van der Waals surface area contributed by atoms with Gasteiger partial charge in [-0.3, -0.25) is 0 Å². The van der Waals surface area contributed by atoms with Crippen molar-refractivity contribution in [2.75, 3.05) is 0 Å². The second-order valence-electron chi connectivity index (χ2n) is 13.7. The summed E-state index contributed by atoms with van der Waals surface area (Å²) in [5.74, 6) is -0.115. The minimum Gasteiger partial charge on any atom is -0.388 e. The maximum absolute atomic E-state index is 13.6. The van der Waals surface area contributed by atoms with Crippen molar-refractivity contribution >= 4 is 42.4 Å². The molecule has 0 spiro atoms. The van der Waals surface area contributed by atoms with Crippen LogP contribution in [0.25, 0.3) is 0 Å². The van der Waals surface area contributed by atoms with Gasteiger partial charge in [-0.15, -0.1) is 0 Å². The van der Waals surface area contributed by atoms with Gasteiger partial charge in [-0.25, -0.2) is 0 Å². The Kier molecular flexibility index (Phi) is 10.9. The zero-order chi connectivity index (χ0) is 36.7. The lowest BCUT2D eigenvalue weighted by Gasteiger charge is -2.35. The van der Waals surface area contributed by atoms with Crippen molar-refractivity contribution in [3.63, 3.8) is 0 Å². The molecule has 0 saturated heterocycles. The maximum atomic E-state index is 13.6. The van der Waals surface area contributed by atoms with Crippen molar-refractivity contribution < 1.29 is 31.4 Å². The first-order valence-electron chi connectivity index (χ1n) is 17.0. The van der Waals surface area contributed by atoms with Crippen LogP contribution in [-0.4, -0.2) is 10.8 Å². The molecule has 1 saturated carbocycles. The van der Waals surface area contributed by atoms with Crippen LogP contribution in [0.1, 0.15) is 64.3 Å². The normalized spacial score (nSPS) is 17.4. The summed E-state index contributed by atoms with van der Waals surface area (Å²) in [5.41, 5.74) is 3.93. The fraction of sp³-hybridized carbons (Fsp3) is 0.286. The molecule has 9 heteroatoms. The first kappa shape index (κ1) is 37.3. The Balaban J connectivity index is 1.46. The molecule has 51 heavy (non-hydrogen) atoms. The number of rotatable bonds is 8. The summed E-state index contributed by atoms with van der Waals surface area (Å²) in [4.78, 5) is 0. The van der Waals surface area contributed by atoms with E-state index in [4.69, 9.17) is 0 Å². The number of hydrogen-bond donors (Lipinski definition) is 1. The van der Waals surface area contributed by atoms with E-state index < -0.39 is 45.4 Å². The first-order valence-corrected chi connectivity index (χ1v) is 19.7. The van der Waals surface area contributed by atoms with E-state index in [0.717, 1.165) is 43.5 Å². The Morgan fingerprint density at radius 1 is 0.569 bits per heavy atom. The SMILES string of the molecule is Cc1cc(C)cc(P(c2cc(C)cc(C)c2)C2CCCC2[C@@H](O)c2ccccc2P(c2ccc(C(F)(F)F)cc2)c2ccc(C(F)(F)F)cc2)c1. The number of benzene rings is 5. The van der Waals surface area contributed by atoms with E-state index in [0.29, 0.717) is 21.5 Å². The quantitative estimate of drug-likeness (QED) is 0.124. The van der Waals surface area contributed by atoms with Gasteiger partial charge in [0.1, 0.15) is 0 Å². The Morgan fingerprint density at radius 3 is 1.43 bits per heavy atom. The lowest BCUT2D eigenvalue weighted by molar-refractivity contribution is -0.138. The van der Waals surface area contributed by atoms with Crippen LogP contribution in [0, 0.1) is 33.6 Å². The van der Waals surface area contributed by atoms with Crippen molar-refractivity contribution in [1.82, 2.24) is 0 Å². The maximum Gasteiger partial charge on any atom is 0.416 e. The van der Waals surface area contributed by atoms with Crippen molar-refractivity contribution in [3.8, 4) is 0 Å². The molecule has 0 aromatic heterocycles. The molecule has 3 atom stereocenters. The smallest absolute Gasteiger partial charge is 0.388 e. The van der Waals surface area contributed by atoms with E-state index in [1.807, 2.05) is 24.3 Å². The lowest BCUT2D eigenvalue weighted by atomic mass is 9.94. The highest BCUT2D eigenvalue weighted by Crippen LogP contribution is 2.54. The Morgan fingerprint density at radius 2 is 1.00 bits per heavy atom. The van der Waals surface area contributed by atoms with Crippen molar-refractivity contribution in [2.24, 2.45) is 5.92 Å². The highest BCUT2D eigenvalue weighted by molar-refractivity contribution is 7.80. The summed E-state index contributed by atoms with van der Waals surface area (Å²) >= 11 is 0. The number of aliphatic hydroxyl groups is 1. The van der Waals surface area contributed by atoms with Crippen LogP contribution in [0.2, 0.25) is 0 Å². The van der Waals surface area contributed by atoms with Crippen LogP contribution in [-0.2, 0) is 12.4 Å². The van der Waals surface area contributed by atoms with Crippen LogP contribution in [0.4, 0.5) is 26.3 Å². The van der Waals surface area contributed by atoms with Gasteiger partial charge in [0.2, 0.25) is 0 Å². The van der Waals surface area contributed by atoms with Gasteiger partial charge in [-0.1, -0.05) is 114 Å². The number of aryl methyl sites for hydroxylation is 4. The van der Waals surface area contributed by atoms with E-state index >= 15 is 0 Å². The van der Waals surface area contributed by atoms with Crippen molar-refractivity contribution in [1.29, 1.82) is 0 Å². The van der Waals surface area contributed by atoms with E-state index in [1.54, 1.807) is 0 Å². The first-order chi connectivity index (χ1) is 24.1. The molecule has 1 fully saturated rings. The molecule has 0 amide bonds. The highest BCUT2D eigenvalue weighted by atomic mass is 31.1. The number of hydrogen-bond acceptors (Lipinski definition) is 1. The highest BCUT2D eigenvalue weighted by Gasteiger charge is 2.41. The monoisotopic (exact) mass is 736 g/mol. The molecule has 0 bridgehead atoms. The molecule has 1 nitrogen and oxygen atoms in total. The molecule has 5 aromatic rings. The lowest BCUT2D eigenvalue weighted by Crippen LogP contribution is -2.31. The third-order valence-corrected chi connectivity index (χ3v) is 15.1. The Labute approximate surface area is 298 Å². The minimum absolute atomic E-state index is 0.115. The summed E-state index contributed by atoms with van der Waals surface area (Å²) in [6.07, 6.45) is -7.30. The molecule has 1 aliphatic rings. The second kappa shape index (κ2) is 14.9. The molecule has 1 aliphatic carbocycles. The van der Waals surface area contributed by atoms with E-state index in [1.165, 1.54) is 57.1 Å². The average molecular weight is 737 g/mol. The molecular weight excluding hydrogens is 696 g/mol. The zero-order valence-corrected chi connectivity index (χ0v) is 30.6. The molecule has 5 aromatic carbocycles. The van der Waals surface area contributed by atoms with Crippen molar-refractivity contribution in [3.05, 3.63) is 148 Å². The fourth-order valence-electron chi connectivity index (χ4n) is 7.57. The van der Waals surface area contributed by atoms with E-state index in [9.17, 15) is 31.4 Å². The number of alkyl halides is 6. The van der Waals surface area contributed by atoms with Gasteiger partial charge in [0.25, 0.3) is 0 Å². The topological polar surface area (TPSA) is 20.2 Å². The van der Waals surface area contributed by atoms with Crippen LogP contribution >= 0.6 is 15.8 Å². The Hall–Kier alpha value is -3.50. The van der Waals surface area contributed by atoms with Crippen LogP contribution in [0.5, 0.6) is 0 Å². The van der Waals surface area contributed by atoms with Crippen LogP contribution in [0.3, 0.4) is 0 Å². The summed E-state index contributed by atoms with van der Waals surface area (Å²) in [6.45, 7) is 8.42. The minimum atomic E-state index is -4.54. The largest absolute Gasteiger partial charge is 0.416 e. The van der Waals surface area contributed by atoms with Gasteiger partial charge in [0.05, 0.1) is 17.2 Å². The standard InChI is InChI=1S/C42H40F6OP2/c1-26-20-27(2)23-34(22-26)51(35-24-28(3)21-29(4)25-35)39-11-7-9-37(39)40(49)36-8-5-6-10-38(36)50(32-16-12-30(13-17-32)41(43,44)45)33-18-14-31(15-19-33)42(46,47)48/h5-6,8,10,12-25,37,39-40,49H,7,9,11H2,1-4H3/t37?,39?,40-/m0/s1. The van der Waals surface area contributed by atoms with E-state index in [2.05, 4.69) is 64.1 Å². The molecule has 2 unspecified atom stereocenters. The molecular formula is C42H40F6OP2. The fourth-order valence-corrected chi connectivity index (χ4v) is 13.6. The number of halogens is 6. The molecule has 0 heterocycles. The number of aliphatic hydroxyl groups excluding tert-OH is 1. The molecule has 266 valence electrons. The van der Waals surface area contributed by atoms with Crippen LogP contribution in [0.15, 0.2) is 109 Å². The average Bonchev–Trinajstić information content (AvgIpc) is 3.53. The van der Waals surface area contributed by atoms with Gasteiger partial charge in [0.15, 0.2) is 0 Å². The predicted octanol–water partition coefficient (Wildman–Crippen LogP) is 10.1. The second-order valence-corrected chi connectivity index (χ2v) is 18.3. The molecule has 6 rings (SSSR count). The van der Waals surface area contributed by atoms with Gasteiger partial charge in [-0.05, 0) is 124 Å². The third-order valence-electron chi connectivity index (χ3n) is 9.64. The Bertz CT molecular complexity index is 1840. The molecule has 0 aliphatic heterocycles. The summed E-state index contributed by atoms with van der Waals surface area (Å²) < 4.78 is 81.4. The molecule has 1 N–H and O–H groups in total. The van der Waals surface area contributed by atoms with E-state index in [-0.39, 0.29) is 11.6 Å². The zero-order valence-electron chi connectivity index (χ0n) is 28.9. The van der Waals surface area contributed by atoms with Crippen LogP contribution < -0.4 is 26.5 Å². The third kappa shape index (κ3) is 8.27. The van der Waals surface area contributed by atoms with Crippen molar-refractivity contribution in [2.45, 2.75) is 71.1 Å². The van der Waals surface area contributed by atoms with Gasteiger partial charge < -0.3 is 5.11 Å². The predicted molar refractivity (Wildman–Crippen MR) is 199 cm³/mol.